The van der Waals surface area contributed by atoms with Crippen LogP contribution in [0.3, 0.4) is 0 Å². The van der Waals surface area contributed by atoms with E-state index in [1.807, 2.05) is 12.2 Å². The minimum absolute atomic E-state index is 0.0613. The van der Waals surface area contributed by atoms with E-state index in [4.69, 9.17) is 0 Å². The molecule has 0 aromatic heterocycles. The molecule has 4 heteroatoms. The third-order valence-corrected chi connectivity index (χ3v) is 2.78. The highest BCUT2D eigenvalue weighted by Crippen LogP contribution is 2.22. The van der Waals surface area contributed by atoms with Gasteiger partial charge in [-0.2, -0.15) is 0 Å². The van der Waals surface area contributed by atoms with Crippen LogP contribution in [0.15, 0.2) is 23.8 Å². The average molecular weight is 206 g/mol. The first kappa shape index (κ1) is 9.96. The SMILES string of the molecule is CC(=O)N1CNC(=O)C1C1=CCC=CC1. The van der Waals surface area contributed by atoms with Crippen LogP contribution in [0.4, 0.5) is 0 Å². The van der Waals surface area contributed by atoms with Crippen LogP contribution in [-0.2, 0) is 9.59 Å². The maximum absolute atomic E-state index is 11.6. The van der Waals surface area contributed by atoms with E-state index >= 15 is 0 Å². The van der Waals surface area contributed by atoms with Crippen molar-refractivity contribution in [3.8, 4) is 0 Å². The maximum Gasteiger partial charge on any atom is 0.248 e. The quantitative estimate of drug-likeness (QED) is 0.637. The lowest BCUT2D eigenvalue weighted by atomic mass is 9.97. The summed E-state index contributed by atoms with van der Waals surface area (Å²) in [5, 5.41) is 2.70. The predicted octanol–water partition coefficient (Wildman–Crippen LogP) is 0.567. The summed E-state index contributed by atoms with van der Waals surface area (Å²) in [4.78, 5) is 24.5. The second-order valence-electron chi connectivity index (χ2n) is 3.78. The molecule has 1 N–H and O–H groups in total. The second-order valence-corrected chi connectivity index (χ2v) is 3.78. The molecule has 2 rings (SSSR count). The fourth-order valence-corrected chi connectivity index (χ4v) is 2.00. The summed E-state index contributed by atoms with van der Waals surface area (Å²) in [7, 11) is 0. The van der Waals surface area contributed by atoms with Crippen molar-refractivity contribution in [1.29, 1.82) is 0 Å². The van der Waals surface area contributed by atoms with Crippen molar-refractivity contribution in [2.75, 3.05) is 6.67 Å². The molecule has 80 valence electrons. The molecule has 1 heterocycles. The van der Waals surface area contributed by atoms with Crippen molar-refractivity contribution in [2.24, 2.45) is 0 Å². The molecule has 2 amide bonds. The van der Waals surface area contributed by atoms with E-state index in [0.717, 1.165) is 18.4 Å². The fraction of sp³-hybridized carbons (Fsp3) is 0.455. The highest BCUT2D eigenvalue weighted by molar-refractivity contribution is 5.92. The highest BCUT2D eigenvalue weighted by Gasteiger charge is 2.36. The minimum atomic E-state index is -0.382. The molecule has 0 spiro atoms. The molecule has 15 heavy (non-hydrogen) atoms. The van der Waals surface area contributed by atoms with E-state index in [9.17, 15) is 9.59 Å². The van der Waals surface area contributed by atoms with Gasteiger partial charge in [-0.15, -0.1) is 0 Å². The normalized spacial score (nSPS) is 25.1. The van der Waals surface area contributed by atoms with Crippen LogP contribution in [-0.4, -0.2) is 29.4 Å². The molecule has 1 aliphatic heterocycles. The van der Waals surface area contributed by atoms with Crippen LogP contribution in [0.25, 0.3) is 0 Å². The van der Waals surface area contributed by atoms with Crippen molar-refractivity contribution in [3.63, 3.8) is 0 Å². The lowest BCUT2D eigenvalue weighted by molar-refractivity contribution is -0.132. The molecule has 0 aromatic rings. The Morgan fingerprint density at radius 3 is 2.93 bits per heavy atom. The monoisotopic (exact) mass is 206 g/mol. The number of carbonyl (C=O) groups is 2. The van der Waals surface area contributed by atoms with E-state index < -0.39 is 0 Å². The Balaban J connectivity index is 2.21. The molecule has 4 nitrogen and oxygen atoms in total. The Labute approximate surface area is 88.6 Å². The summed E-state index contributed by atoms with van der Waals surface area (Å²) < 4.78 is 0. The number of amides is 2. The van der Waals surface area contributed by atoms with Crippen molar-refractivity contribution >= 4 is 11.8 Å². The van der Waals surface area contributed by atoms with Crippen LogP contribution >= 0.6 is 0 Å². The average Bonchev–Trinajstić information content (AvgIpc) is 2.61. The van der Waals surface area contributed by atoms with Crippen molar-refractivity contribution < 1.29 is 9.59 Å². The van der Waals surface area contributed by atoms with Crippen LogP contribution in [0.5, 0.6) is 0 Å². The van der Waals surface area contributed by atoms with Crippen molar-refractivity contribution in [3.05, 3.63) is 23.8 Å². The number of nitrogens with zero attached hydrogens (tertiary/aromatic N) is 1. The molecule has 2 aliphatic rings. The molecule has 0 saturated carbocycles. The van der Waals surface area contributed by atoms with E-state index in [2.05, 4.69) is 11.4 Å². The summed E-state index contributed by atoms with van der Waals surface area (Å²) in [5.41, 5.74) is 1.03. The fourth-order valence-electron chi connectivity index (χ4n) is 2.00. The number of rotatable bonds is 1. The molecule has 1 saturated heterocycles. The first-order chi connectivity index (χ1) is 7.20. The van der Waals surface area contributed by atoms with Gasteiger partial charge in [0.1, 0.15) is 6.04 Å². The van der Waals surface area contributed by atoms with Gasteiger partial charge < -0.3 is 10.2 Å². The third-order valence-electron chi connectivity index (χ3n) is 2.78. The van der Waals surface area contributed by atoms with E-state index in [0.29, 0.717) is 6.67 Å². The van der Waals surface area contributed by atoms with Gasteiger partial charge in [0.15, 0.2) is 0 Å². The maximum atomic E-state index is 11.6. The Bertz CT molecular complexity index is 358. The molecule has 1 fully saturated rings. The Kier molecular flexibility index (Phi) is 2.58. The number of hydrogen-bond donors (Lipinski definition) is 1. The zero-order valence-corrected chi connectivity index (χ0v) is 8.69. The molecule has 0 aromatic carbocycles. The number of carbonyl (C=O) groups excluding carboxylic acids is 2. The standard InChI is InChI=1S/C11H14N2O2/c1-8(14)13-7-12-11(15)10(13)9-5-3-2-4-6-9/h2-3,6,10H,4-5,7H2,1H3,(H,12,15). The molecule has 0 radical (unpaired) electrons. The van der Waals surface area contributed by atoms with Gasteiger partial charge >= 0.3 is 0 Å². The smallest absolute Gasteiger partial charge is 0.248 e. The number of nitrogens with one attached hydrogen (secondary N) is 1. The first-order valence-electron chi connectivity index (χ1n) is 5.09. The van der Waals surface area contributed by atoms with E-state index in [-0.39, 0.29) is 17.9 Å². The zero-order chi connectivity index (χ0) is 10.8. The highest BCUT2D eigenvalue weighted by atomic mass is 16.2. The Morgan fingerprint density at radius 1 is 1.53 bits per heavy atom. The zero-order valence-electron chi connectivity index (χ0n) is 8.69. The van der Waals surface area contributed by atoms with Crippen LogP contribution in [0.2, 0.25) is 0 Å². The lowest BCUT2D eigenvalue weighted by Gasteiger charge is -2.23. The first-order valence-corrected chi connectivity index (χ1v) is 5.09. The van der Waals surface area contributed by atoms with Gasteiger partial charge in [-0.1, -0.05) is 18.2 Å². The molecular formula is C11H14N2O2. The molecule has 1 unspecified atom stereocenters. The van der Waals surface area contributed by atoms with Crippen molar-refractivity contribution in [1.82, 2.24) is 10.2 Å². The third kappa shape index (κ3) is 1.79. The van der Waals surface area contributed by atoms with Gasteiger partial charge in [0, 0.05) is 6.92 Å². The minimum Gasteiger partial charge on any atom is -0.336 e. The van der Waals surface area contributed by atoms with E-state index in [1.165, 1.54) is 6.92 Å². The van der Waals surface area contributed by atoms with Gasteiger partial charge in [0.25, 0.3) is 0 Å². The Hall–Kier alpha value is -1.58. The molecule has 0 bridgehead atoms. The topological polar surface area (TPSA) is 49.4 Å². The van der Waals surface area contributed by atoms with E-state index in [1.54, 1.807) is 4.90 Å². The summed E-state index contributed by atoms with van der Waals surface area (Å²) in [6.07, 6.45) is 7.76. The van der Waals surface area contributed by atoms with Gasteiger partial charge in [0.05, 0.1) is 6.67 Å². The van der Waals surface area contributed by atoms with Crippen LogP contribution in [0.1, 0.15) is 19.8 Å². The summed E-state index contributed by atoms with van der Waals surface area (Å²) in [5.74, 6) is -0.124. The van der Waals surface area contributed by atoms with Gasteiger partial charge in [0.2, 0.25) is 11.8 Å². The number of hydrogen-bond acceptors (Lipinski definition) is 2. The van der Waals surface area contributed by atoms with Crippen LogP contribution < -0.4 is 5.32 Å². The molecular weight excluding hydrogens is 192 g/mol. The predicted molar refractivity (Wildman–Crippen MR) is 55.8 cm³/mol. The summed E-state index contributed by atoms with van der Waals surface area (Å²) >= 11 is 0. The van der Waals surface area contributed by atoms with Gasteiger partial charge in [-0.05, 0) is 18.4 Å². The number of allylic oxidation sites excluding steroid dienone is 3. The summed E-state index contributed by atoms with van der Waals surface area (Å²) in [6.45, 7) is 1.83. The van der Waals surface area contributed by atoms with Gasteiger partial charge in [-0.25, -0.2) is 0 Å². The largest absolute Gasteiger partial charge is 0.336 e. The Morgan fingerprint density at radius 2 is 2.33 bits per heavy atom. The summed E-state index contributed by atoms with van der Waals surface area (Å²) in [6, 6.07) is -0.382. The van der Waals surface area contributed by atoms with Gasteiger partial charge in [-0.3, -0.25) is 9.59 Å². The lowest BCUT2D eigenvalue weighted by Crippen LogP contribution is -2.38. The van der Waals surface area contributed by atoms with Crippen LogP contribution in [0, 0.1) is 0 Å². The second kappa shape index (κ2) is 3.88. The van der Waals surface area contributed by atoms with Crippen molar-refractivity contribution in [2.45, 2.75) is 25.8 Å². The molecule has 1 atom stereocenters. The molecule has 1 aliphatic carbocycles.